The summed E-state index contributed by atoms with van der Waals surface area (Å²) in [7, 11) is 0. The predicted molar refractivity (Wildman–Crippen MR) is 69.8 cm³/mol. The zero-order valence-electron chi connectivity index (χ0n) is 11.6. The highest BCUT2D eigenvalue weighted by Gasteiger charge is 2.35. The second-order valence-corrected chi connectivity index (χ2v) is 6.06. The normalized spacial score (nSPS) is 25.0. The predicted octanol–water partition coefficient (Wildman–Crippen LogP) is 2.67. The monoisotopic (exact) mass is 276 g/mol. The summed E-state index contributed by atoms with van der Waals surface area (Å²) >= 11 is 5.50. The molecule has 18 heavy (non-hydrogen) atoms. The van der Waals surface area contributed by atoms with Crippen LogP contribution in [0.3, 0.4) is 0 Å². The van der Waals surface area contributed by atoms with Gasteiger partial charge in [0.05, 0.1) is 0 Å². The number of ether oxygens (including phenoxy) is 1. The molecular weight excluding hydrogens is 256 g/mol. The Bertz CT molecular complexity index is 341. The van der Waals surface area contributed by atoms with Gasteiger partial charge in [0.2, 0.25) is 0 Å². The van der Waals surface area contributed by atoms with Crippen molar-refractivity contribution in [2.75, 3.05) is 13.1 Å². The lowest BCUT2D eigenvalue weighted by molar-refractivity contribution is -0.00172. The Kier molecular flexibility index (Phi) is 4.48. The second kappa shape index (κ2) is 5.34. The molecule has 1 aliphatic heterocycles. The van der Waals surface area contributed by atoms with Gasteiger partial charge in [-0.15, -0.1) is 0 Å². The molecule has 0 radical (unpaired) electrons. The van der Waals surface area contributed by atoms with Crippen molar-refractivity contribution >= 4 is 23.1 Å². The lowest BCUT2D eigenvalue weighted by Gasteiger charge is -2.43. The first-order valence-corrected chi connectivity index (χ1v) is 6.45. The molecule has 1 rings (SSSR count). The van der Waals surface area contributed by atoms with E-state index in [1.165, 1.54) is 0 Å². The van der Waals surface area contributed by atoms with Crippen LogP contribution in [0.1, 0.15) is 34.6 Å². The Morgan fingerprint density at radius 2 is 1.56 bits per heavy atom. The summed E-state index contributed by atoms with van der Waals surface area (Å²) in [6, 6.07) is -0.197. The van der Waals surface area contributed by atoms with E-state index in [1.54, 1.807) is 9.80 Å². The summed E-state index contributed by atoms with van der Waals surface area (Å²) < 4.78 is 5.34. The van der Waals surface area contributed by atoms with Crippen LogP contribution in [0, 0.1) is 0 Å². The van der Waals surface area contributed by atoms with Crippen LogP contribution in [-0.2, 0) is 4.74 Å². The molecule has 0 N–H and O–H groups in total. The van der Waals surface area contributed by atoms with Crippen LogP contribution in [0.5, 0.6) is 0 Å². The minimum absolute atomic E-state index is 0.0984. The molecule has 0 aliphatic carbocycles. The zero-order chi connectivity index (χ0) is 14.1. The summed E-state index contributed by atoms with van der Waals surface area (Å²) in [6.45, 7) is 10.1. The van der Waals surface area contributed by atoms with E-state index in [4.69, 9.17) is 16.3 Å². The lowest BCUT2D eigenvalue weighted by Crippen LogP contribution is -2.59. The number of hydrogen-bond acceptors (Lipinski definition) is 3. The highest BCUT2D eigenvalue weighted by molar-refractivity contribution is 6.62. The number of halogens is 1. The quantitative estimate of drug-likeness (QED) is 0.505. The number of carbonyl (C=O) groups is 2. The molecule has 1 heterocycles. The maximum absolute atomic E-state index is 12.0. The molecule has 6 heteroatoms. The summed E-state index contributed by atoms with van der Waals surface area (Å²) in [5.74, 6) is 0. The first kappa shape index (κ1) is 15.1. The minimum Gasteiger partial charge on any atom is -0.444 e. The number of nitrogens with zero attached hydrogens (tertiary/aromatic N) is 2. The molecule has 0 aromatic carbocycles. The fourth-order valence-corrected chi connectivity index (χ4v) is 2.18. The fraction of sp³-hybridized carbons (Fsp3) is 0.833. The van der Waals surface area contributed by atoms with Crippen LogP contribution < -0.4 is 0 Å². The number of amides is 2. The summed E-state index contributed by atoms with van der Waals surface area (Å²) in [5, 5.41) is -0.474. The fourth-order valence-electron chi connectivity index (χ4n) is 1.95. The first-order chi connectivity index (χ1) is 8.11. The Labute approximate surface area is 113 Å². The maximum atomic E-state index is 12.0. The van der Waals surface area contributed by atoms with Crippen LogP contribution in [-0.4, -0.2) is 52.0 Å². The van der Waals surface area contributed by atoms with Crippen molar-refractivity contribution in [2.45, 2.75) is 52.3 Å². The van der Waals surface area contributed by atoms with E-state index in [9.17, 15) is 9.59 Å². The van der Waals surface area contributed by atoms with E-state index in [0.717, 1.165) is 0 Å². The third-order valence-electron chi connectivity index (χ3n) is 2.84. The number of rotatable bonds is 0. The van der Waals surface area contributed by atoms with Gasteiger partial charge in [0.25, 0.3) is 0 Å². The van der Waals surface area contributed by atoms with E-state index < -0.39 is 11.0 Å². The van der Waals surface area contributed by atoms with Crippen molar-refractivity contribution in [3.05, 3.63) is 0 Å². The van der Waals surface area contributed by atoms with Crippen molar-refractivity contribution in [1.82, 2.24) is 9.80 Å². The van der Waals surface area contributed by atoms with Gasteiger partial charge >= 0.3 is 11.5 Å². The van der Waals surface area contributed by atoms with E-state index in [0.29, 0.717) is 13.1 Å². The van der Waals surface area contributed by atoms with Gasteiger partial charge in [-0.2, -0.15) is 0 Å². The van der Waals surface area contributed by atoms with Crippen LogP contribution in [0.15, 0.2) is 0 Å². The molecule has 1 fully saturated rings. The smallest absolute Gasteiger partial charge is 0.410 e. The van der Waals surface area contributed by atoms with Crippen molar-refractivity contribution in [2.24, 2.45) is 0 Å². The average Bonchev–Trinajstić information content (AvgIpc) is 2.17. The van der Waals surface area contributed by atoms with Gasteiger partial charge in [-0.3, -0.25) is 4.79 Å². The Hall–Kier alpha value is -0.970. The third-order valence-corrected chi connectivity index (χ3v) is 3.06. The summed E-state index contributed by atoms with van der Waals surface area (Å²) in [4.78, 5) is 26.4. The van der Waals surface area contributed by atoms with Crippen LogP contribution >= 0.6 is 11.6 Å². The molecular formula is C12H21ClN2O3. The van der Waals surface area contributed by atoms with Gasteiger partial charge in [0.1, 0.15) is 5.60 Å². The number of carbonyl (C=O) groups excluding carboxylic acids is 2. The Morgan fingerprint density at radius 1 is 1.11 bits per heavy atom. The van der Waals surface area contributed by atoms with Gasteiger partial charge < -0.3 is 14.5 Å². The molecule has 2 atom stereocenters. The van der Waals surface area contributed by atoms with Crippen molar-refractivity contribution < 1.29 is 14.3 Å². The molecule has 0 aromatic rings. The van der Waals surface area contributed by atoms with E-state index in [-0.39, 0.29) is 18.2 Å². The number of piperazine rings is 1. The summed E-state index contributed by atoms with van der Waals surface area (Å²) in [5.41, 5.74) is -0.514. The van der Waals surface area contributed by atoms with Crippen molar-refractivity contribution in [3.63, 3.8) is 0 Å². The zero-order valence-corrected chi connectivity index (χ0v) is 12.3. The van der Waals surface area contributed by atoms with Gasteiger partial charge in [-0.25, -0.2) is 4.79 Å². The van der Waals surface area contributed by atoms with E-state index >= 15 is 0 Å². The third kappa shape index (κ3) is 3.77. The van der Waals surface area contributed by atoms with Crippen LogP contribution in [0.2, 0.25) is 0 Å². The van der Waals surface area contributed by atoms with Crippen LogP contribution in [0.25, 0.3) is 0 Å². The second-order valence-electron chi connectivity index (χ2n) is 5.74. The van der Waals surface area contributed by atoms with E-state index in [1.807, 2.05) is 34.6 Å². The Balaban J connectivity index is 2.70. The molecule has 0 saturated carbocycles. The standard InChI is InChI=1S/C12H21ClN2O3/c1-8-7-15(11(17)18-12(3,4)5)9(2)6-14(8)10(13)16/h8-9H,6-7H2,1-5H3/t8-,9-/m0/s1. The van der Waals surface area contributed by atoms with Crippen molar-refractivity contribution in [1.29, 1.82) is 0 Å². The molecule has 104 valence electrons. The van der Waals surface area contributed by atoms with Gasteiger partial charge in [-0.1, -0.05) is 0 Å². The lowest BCUT2D eigenvalue weighted by atomic mass is 10.1. The topological polar surface area (TPSA) is 49.9 Å². The van der Waals surface area contributed by atoms with Gasteiger partial charge in [0.15, 0.2) is 0 Å². The SMILES string of the molecule is C[C@H]1CN(C(=O)OC(C)(C)C)[C@@H](C)CN1C(=O)Cl. The minimum atomic E-state index is -0.514. The highest BCUT2D eigenvalue weighted by atomic mass is 35.5. The molecule has 5 nitrogen and oxygen atoms in total. The molecule has 1 aliphatic rings. The summed E-state index contributed by atoms with van der Waals surface area (Å²) in [6.07, 6.45) is -0.344. The van der Waals surface area contributed by atoms with E-state index in [2.05, 4.69) is 0 Å². The molecule has 0 spiro atoms. The van der Waals surface area contributed by atoms with Gasteiger partial charge in [-0.05, 0) is 46.2 Å². The highest BCUT2D eigenvalue weighted by Crippen LogP contribution is 2.19. The molecule has 1 saturated heterocycles. The average molecular weight is 277 g/mol. The maximum Gasteiger partial charge on any atom is 0.410 e. The molecule has 0 aromatic heterocycles. The molecule has 0 unspecified atom stereocenters. The first-order valence-electron chi connectivity index (χ1n) is 6.07. The van der Waals surface area contributed by atoms with Crippen molar-refractivity contribution in [3.8, 4) is 0 Å². The molecule has 2 amide bonds. The van der Waals surface area contributed by atoms with Gasteiger partial charge in [0, 0.05) is 25.2 Å². The largest absolute Gasteiger partial charge is 0.444 e. The Morgan fingerprint density at radius 3 is 2.00 bits per heavy atom. The molecule has 0 bridgehead atoms. The van der Waals surface area contributed by atoms with Crippen LogP contribution in [0.4, 0.5) is 9.59 Å². The number of hydrogen-bond donors (Lipinski definition) is 0.